The second-order valence-electron chi connectivity index (χ2n) is 9.04. The quantitative estimate of drug-likeness (QED) is 0.189. The van der Waals surface area contributed by atoms with Crippen LogP contribution in [0.3, 0.4) is 0 Å². The Kier molecular flexibility index (Phi) is 9.68. The number of carbonyl (C=O) groups is 2. The molecule has 0 radical (unpaired) electrons. The van der Waals surface area contributed by atoms with Crippen LogP contribution < -0.4 is 14.8 Å². The van der Waals surface area contributed by atoms with Gasteiger partial charge in [0.2, 0.25) is 0 Å². The molecule has 0 aliphatic heterocycles. The van der Waals surface area contributed by atoms with Gasteiger partial charge < -0.3 is 14.8 Å². The number of nitrogens with one attached hydrogen (secondary N) is 1. The molecule has 0 saturated carbocycles. The van der Waals surface area contributed by atoms with E-state index in [9.17, 15) is 9.59 Å². The molecule has 4 rings (SSSR count). The third kappa shape index (κ3) is 6.50. The number of ketones is 1. The first-order valence-corrected chi connectivity index (χ1v) is 14.7. The first-order valence-electron chi connectivity index (χ1n) is 12.2. The topological polar surface area (TPSA) is 64.6 Å². The van der Waals surface area contributed by atoms with Crippen LogP contribution in [0.1, 0.15) is 39.2 Å². The number of allylic oxidation sites excluding steroid dienone is 4. The monoisotopic (exact) mass is 661 g/mol. The van der Waals surface area contributed by atoms with E-state index in [1.807, 2.05) is 54.6 Å². The maximum atomic E-state index is 14.1. The zero-order valence-corrected chi connectivity index (χ0v) is 25.1. The highest BCUT2D eigenvalue weighted by Crippen LogP contribution is 2.40. The molecule has 3 aromatic rings. The highest BCUT2D eigenvalue weighted by Gasteiger charge is 2.32. The van der Waals surface area contributed by atoms with E-state index >= 15 is 0 Å². The number of ether oxygens (including phenoxy) is 2. The third-order valence-electron chi connectivity index (χ3n) is 6.47. The van der Waals surface area contributed by atoms with Crippen LogP contribution in [0.15, 0.2) is 82.7 Å². The predicted octanol–water partition coefficient (Wildman–Crippen LogP) is 6.94. The molecular weight excluding hydrogens is 633 g/mol. The van der Waals surface area contributed by atoms with Crippen molar-refractivity contribution in [3.63, 3.8) is 0 Å². The molecule has 1 aliphatic rings. The zero-order chi connectivity index (χ0) is 27.2. The molecule has 198 valence electrons. The lowest BCUT2D eigenvalue weighted by molar-refractivity contribution is -0.115. The highest BCUT2D eigenvalue weighted by atomic mass is 127. The van der Waals surface area contributed by atoms with Crippen molar-refractivity contribution in [3.8, 4) is 11.5 Å². The van der Waals surface area contributed by atoms with Gasteiger partial charge in [-0.05, 0) is 41.7 Å². The van der Waals surface area contributed by atoms with E-state index in [-0.39, 0.29) is 21.5 Å². The number of halogens is 2. The average molecular weight is 662 g/mol. The summed E-state index contributed by atoms with van der Waals surface area (Å²) in [6.07, 6.45) is 4.61. The lowest BCUT2D eigenvalue weighted by atomic mass is 9.85. The lowest BCUT2D eigenvalue weighted by Gasteiger charge is -2.23. The van der Waals surface area contributed by atoms with Crippen molar-refractivity contribution >= 4 is 57.2 Å². The second-order valence-corrected chi connectivity index (χ2v) is 11.8. The van der Waals surface area contributed by atoms with Crippen molar-refractivity contribution < 1.29 is 19.1 Å². The lowest BCUT2D eigenvalue weighted by Crippen LogP contribution is -2.25. The number of Topliss-reactive ketones (excluding diaryl/α,β-unsaturated/α-hetero) is 1. The van der Waals surface area contributed by atoms with Crippen LogP contribution in [0.25, 0.3) is 0 Å². The molecule has 3 atom stereocenters. The Morgan fingerprint density at radius 3 is 2.50 bits per heavy atom. The summed E-state index contributed by atoms with van der Waals surface area (Å²) in [6, 6.07) is 17.3. The molecule has 0 bridgehead atoms. The van der Waals surface area contributed by atoms with Crippen molar-refractivity contribution in [2.45, 2.75) is 23.2 Å². The van der Waals surface area contributed by atoms with Crippen LogP contribution >= 0.6 is 45.5 Å². The number of carbonyl (C=O) groups excluding carboxylic acids is 2. The molecule has 0 fully saturated rings. The number of methoxy groups -OCH3 is 2. The van der Waals surface area contributed by atoms with Gasteiger partial charge in [-0.3, -0.25) is 9.59 Å². The first-order chi connectivity index (χ1) is 18.3. The number of alkyl halides is 1. The summed E-state index contributed by atoms with van der Waals surface area (Å²) in [4.78, 5) is 27.7. The van der Waals surface area contributed by atoms with Gasteiger partial charge in [-0.2, -0.15) is 0 Å². The van der Waals surface area contributed by atoms with E-state index in [1.54, 1.807) is 31.7 Å². The molecule has 1 amide bonds. The van der Waals surface area contributed by atoms with Gasteiger partial charge in [0.15, 0.2) is 17.3 Å². The van der Waals surface area contributed by atoms with Crippen molar-refractivity contribution in [2.75, 3.05) is 20.8 Å². The summed E-state index contributed by atoms with van der Waals surface area (Å²) in [5, 5.41) is 5.24. The van der Waals surface area contributed by atoms with Gasteiger partial charge in [0, 0.05) is 31.3 Å². The number of amides is 1. The van der Waals surface area contributed by atoms with Gasteiger partial charge in [0.25, 0.3) is 5.91 Å². The Bertz CT molecular complexity index is 1370. The Hall–Kier alpha value is -2.62. The summed E-state index contributed by atoms with van der Waals surface area (Å²) in [5.74, 6) is 0.320. The van der Waals surface area contributed by atoms with Crippen molar-refractivity contribution in [3.05, 3.63) is 104 Å². The first kappa shape index (κ1) is 28.4. The van der Waals surface area contributed by atoms with Gasteiger partial charge in [-0.25, -0.2) is 0 Å². The number of hydrogen-bond donors (Lipinski definition) is 1. The standard InChI is InChI=1S/C30H29ClINO4S/c1-18-13-22(23(31)16-24(18)32)29(34)28(20-9-10-25(36-2)26(14-20)37-3)27-15-21(17-38-27)30(35)33-12-11-19-7-5-4-6-8-19/h4-10,13-18,24,28H,11-12H2,1-3H3,(H,33,35). The van der Waals surface area contributed by atoms with Gasteiger partial charge >= 0.3 is 0 Å². The van der Waals surface area contributed by atoms with Crippen molar-refractivity contribution in [1.29, 1.82) is 0 Å². The summed E-state index contributed by atoms with van der Waals surface area (Å²) < 4.78 is 11.1. The van der Waals surface area contributed by atoms with E-state index in [0.717, 1.165) is 22.4 Å². The average Bonchev–Trinajstić information content (AvgIpc) is 3.41. The van der Waals surface area contributed by atoms with Crippen LogP contribution in [-0.4, -0.2) is 36.4 Å². The number of benzene rings is 2. The molecule has 8 heteroatoms. The molecule has 3 unspecified atom stereocenters. The normalized spacial score (nSPS) is 17.7. The largest absolute Gasteiger partial charge is 0.493 e. The smallest absolute Gasteiger partial charge is 0.252 e. The maximum Gasteiger partial charge on any atom is 0.252 e. The Labute approximate surface area is 246 Å². The second kappa shape index (κ2) is 13.0. The molecule has 5 nitrogen and oxygen atoms in total. The number of rotatable bonds is 10. The molecule has 2 aromatic carbocycles. The Balaban J connectivity index is 1.63. The minimum atomic E-state index is -0.656. The van der Waals surface area contributed by atoms with Crippen LogP contribution in [0, 0.1) is 5.92 Å². The van der Waals surface area contributed by atoms with Crippen LogP contribution in [0.2, 0.25) is 0 Å². The summed E-state index contributed by atoms with van der Waals surface area (Å²) >= 11 is 10.3. The fourth-order valence-electron chi connectivity index (χ4n) is 4.34. The van der Waals surface area contributed by atoms with Crippen molar-refractivity contribution in [1.82, 2.24) is 5.32 Å². The third-order valence-corrected chi connectivity index (χ3v) is 9.29. The Morgan fingerprint density at radius 2 is 1.79 bits per heavy atom. The van der Waals surface area contributed by atoms with Crippen molar-refractivity contribution in [2.24, 2.45) is 5.92 Å². The van der Waals surface area contributed by atoms with E-state index < -0.39 is 5.92 Å². The summed E-state index contributed by atoms with van der Waals surface area (Å²) in [6.45, 7) is 2.59. The van der Waals surface area contributed by atoms with E-state index in [2.05, 4.69) is 34.8 Å². The van der Waals surface area contributed by atoms with Gasteiger partial charge in [0.05, 0.1) is 25.7 Å². The highest BCUT2D eigenvalue weighted by molar-refractivity contribution is 14.1. The summed E-state index contributed by atoms with van der Waals surface area (Å²) in [7, 11) is 3.13. The van der Waals surface area contributed by atoms with Crippen LogP contribution in [0.4, 0.5) is 0 Å². The molecule has 0 saturated heterocycles. The molecular formula is C30H29ClINO4S. The van der Waals surface area contributed by atoms with Crippen LogP contribution in [-0.2, 0) is 11.2 Å². The molecule has 38 heavy (non-hydrogen) atoms. The molecule has 1 N–H and O–H groups in total. The van der Waals surface area contributed by atoms with Gasteiger partial charge in [-0.1, -0.05) is 89.7 Å². The fourth-order valence-corrected chi connectivity index (χ4v) is 6.42. The minimum absolute atomic E-state index is 0.119. The molecule has 1 aliphatic carbocycles. The van der Waals surface area contributed by atoms with Crippen LogP contribution in [0.5, 0.6) is 11.5 Å². The van der Waals surface area contributed by atoms with Gasteiger partial charge in [-0.15, -0.1) is 11.3 Å². The SMILES string of the molecule is COc1ccc(C(C(=O)C2=CC(C)C(I)C=C2Cl)c2cc(C(=O)NCCc3ccccc3)cs2)cc1OC. The number of hydrogen-bond acceptors (Lipinski definition) is 5. The van der Waals surface area contributed by atoms with E-state index in [0.29, 0.717) is 34.2 Å². The maximum absolute atomic E-state index is 14.1. The van der Waals surface area contributed by atoms with Gasteiger partial charge in [0.1, 0.15) is 0 Å². The molecule has 1 aromatic heterocycles. The Morgan fingerprint density at radius 1 is 1.05 bits per heavy atom. The minimum Gasteiger partial charge on any atom is -0.493 e. The molecule has 0 spiro atoms. The zero-order valence-electron chi connectivity index (χ0n) is 21.4. The predicted molar refractivity (Wildman–Crippen MR) is 162 cm³/mol. The fraction of sp³-hybridized carbons (Fsp3) is 0.267. The van der Waals surface area contributed by atoms with E-state index in [4.69, 9.17) is 21.1 Å². The van der Waals surface area contributed by atoms with E-state index in [1.165, 1.54) is 11.3 Å². The summed E-state index contributed by atoms with van der Waals surface area (Å²) in [5.41, 5.74) is 2.91. The number of thiophene rings is 1. The molecule has 1 heterocycles.